The number of amides is 2. The summed E-state index contributed by atoms with van der Waals surface area (Å²) in [5.74, 6) is 0.172. The van der Waals surface area contributed by atoms with Crippen LogP contribution in [0.5, 0.6) is 0 Å². The van der Waals surface area contributed by atoms with Crippen LogP contribution in [-0.4, -0.2) is 36.3 Å². The number of rotatable bonds is 4. The molecule has 0 bridgehead atoms. The SMILES string of the molecule is CCCNC(=O)C1CCN(C(=O)c2ccc(N)cc2)CC1. The first-order valence-corrected chi connectivity index (χ1v) is 7.54. The van der Waals surface area contributed by atoms with Gasteiger partial charge in [0.2, 0.25) is 5.91 Å². The van der Waals surface area contributed by atoms with E-state index in [1.54, 1.807) is 24.3 Å². The number of benzene rings is 1. The summed E-state index contributed by atoms with van der Waals surface area (Å²) in [6.45, 7) is 4.03. The first-order chi connectivity index (χ1) is 10.1. The van der Waals surface area contributed by atoms with Crippen LogP contribution in [0.15, 0.2) is 24.3 Å². The maximum atomic E-state index is 12.3. The fourth-order valence-electron chi connectivity index (χ4n) is 2.55. The molecule has 1 aromatic carbocycles. The van der Waals surface area contributed by atoms with E-state index >= 15 is 0 Å². The Morgan fingerprint density at radius 1 is 1.24 bits per heavy atom. The molecule has 0 saturated carbocycles. The zero-order chi connectivity index (χ0) is 15.2. The van der Waals surface area contributed by atoms with Gasteiger partial charge in [0.25, 0.3) is 5.91 Å². The van der Waals surface area contributed by atoms with Crippen LogP contribution in [0.2, 0.25) is 0 Å². The molecule has 1 fully saturated rings. The molecule has 0 aromatic heterocycles. The van der Waals surface area contributed by atoms with Gasteiger partial charge in [-0.2, -0.15) is 0 Å². The van der Waals surface area contributed by atoms with Crippen molar-refractivity contribution in [3.63, 3.8) is 0 Å². The molecule has 5 heteroatoms. The van der Waals surface area contributed by atoms with Crippen LogP contribution in [0.1, 0.15) is 36.5 Å². The molecule has 0 aliphatic carbocycles. The molecule has 2 amide bonds. The first-order valence-electron chi connectivity index (χ1n) is 7.54. The van der Waals surface area contributed by atoms with E-state index < -0.39 is 0 Å². The number of likely N-dealkylation sites (tertiary alicyclic amines) is 1. The van der Waals surface area contributed by atoms with Crippen molar-refractivity contribution in [3.8, 4) is 0 Å². The number of hydrogen-bond donors (Lipinski definition) is 2. The number of carbonyl (C=O) groups excluding carboxylic acids is 2. The molecule has 0 radical (unpaired) electrons. The standard InChI is InChI=1S/C16H23N3O2/c1-2-9-18-15(20)12-7-10-19(11-8-12)16(21)13-3-5-14(17)6-4-13/h3-6,12H,2,7-11,17H2,1H3,(H,18,20). The van der Waals surface area contributed by atoms with Crippen LogP contribution in [0, 0.1) is 5.92 Å². The number of nitrogen functional groups attached to an aromatic ring is 1. The largest absolute Gasteiger partial charge is 0.399 e. The maximum Gasteiger partial charge on any atom is 0.253 e. The van der Waals surface area contributed by atoms with Crippen molar-refractivity contribution in [3.05, 3.63) is 29.8 Å². The van der Waals surface area contributed by atoms with E-state index in [9.17, 15) is 9.59 Å². The van der Waals surface area contributed by atoms with Crippen LogP contribution in [0.3, 0.4) is 0 Å². The molecule has 0 spiro atoms. The fourth-order valence-corrected chi connectivity index (χ4v) is 2.55. The van der Waals surface area contributed by atoms with E-state index in [-0.39, 0.29) is 17.7 Å². The summed E-state index contributed by atoms with van der Waals surface area (Å²) in [6.07, 6.45) is 2.41. The van der Waals surface area contributed by atoms with Crippen LogP contribution < -0.4 is 11.1 Å². The molecular weight excluding hydrogens is 266 g/mol. The lowest BCUT2D eigenvalue weighted by molar-refractivity contribution is -0.126. The van der Waals surface area contributed by atoms with Crippen molar-refractivity contribution in [2.24, 2.45) is 5.92 Å². The molecule has 3 N–H and O–H groups in total. The van der Waals surface area contributed by atoms with Gasteiger partial charge in [-0.15, -0.1) is 0 Å². The van der Waals surface area contributed by atoms with Gasteiger partial charge >= 0.3 is 0 Å². The molecule has 21 heavy (non-hydrogen) atoms. The average Bonchev–Trinajstić information content (AvgIpc) is 2.53. The Hall–Kier alpha value is -2.04. The van der Waals surface area contributed by atoms with E-state index in [1.807, 2.05) is 11.8 Å². The lowest BCUT2D eigenvalue weighted by Gasteiger charge is -2.31. The topological polar surface area (TPSA) is 75.4 Å². The summed E-state index contributed by atoms with van der Waals surface area (Å²) >= 11 is 0. The lowest BCUT2D eigenvalue weighted by Crippen LogP contribution is -2.43. The second-order valence-corrected chi connectivity index (χ2v) is 5.48. The highest BCUT2D eigenvalue weighted by atomic mass is 16.2. The minimum atomic E-state index is 0.0161. The van der Waals surface area contributed by atoms with Crippen LogP contribution >= 0.6 is 0 Å². The summed E-state index contributed by atoms with van der Waals surface area (Å²) < 4.78 is 0. The van der Waals surface area contributed by atoms with E-state index in [1.165, 1.54) is 0 Å². The Balaban J connectivity index is 1.87. The molecule has 1 saturated heterocycles. The predicted molar refractivity (Wildman–Crippen MR) is 82.8 cm³/mol. The number of nitrogens with two attached hydrogens (primary N) is 1. The zero-order valence-corrected chi connectivity index (χ0v) is 12.5. The fraction of sp³-hybridized carbons (Fsp3) is 0.500. The van der Waals surface area contributed by atoms with E-state index in [0.29, 0.717) is 24.3 Å². The number of hydrogen-bond acceptors (Lipinski definition) is 3. The monoisotopic (exact) mass is 289 g/mol. The summed E-state index contributed by atoms with van der Waals surface area (Å²) in [5, 5.41) is 2.93. The highest BCUT2D eigenvalue weighted by molar-refractivity contribution is 5.94. The van der Waals surface area contributed by atoms with Crippen molar-refractivity contribution in [2.45, 2.75) is 26.2 Å². The van der Waals surface area contributed by atoms with Crippen LogP contribution in [0.25, 0.3) is 0 Å². The summed E-state index contributed by atoms with van der Waals surface area (Å²) in [5.41, 5.74) is 6.93. The number of carbonyl (C=O) groups is 2. The Bertz CT molecular complexity index is 491. The summed E-state index contributed by atoms with van der Waals surface area (Å²) in [6, 6.07) is 6.96. The molecule has 5 nitrogen and oxygen atoms in total. The van der Waals surface area contributed by atoms with Crippen molar-refractivity contribution >= 4 is 17.5 Å². The summed E-state index contributed by atoms with van der Waals surface area (Å²) in [7, 11) is 0. The van der Waals surface area contributed by atoms with Gasteiger partial charge in [-0.1, -0.05) is 6.92 Å². The third-order valence-corrected chi connectivity index (χ3v) is 3.86. The van der Waals surface area contributed by atoms with Gasteiger partial charge in [0.15, 0.2) is 0 Å². The molecule has 0 unspecified atom stereocenters. The van der Waals surface area contributed by atoms with Crippen molar-refractivity contribution in [1.82, 2.24) is 10.2 Å². The molecule has 1 aliphatic rings. The van der Waals surface area contributed by atoms with Gasteiger partial charge in [-0.05, 0) is 43.5 Å². The highest BCUT2D eigenvalue weighted by Crippen LogP contribution is 2.19. The van der Waals surface area contributed by atoms with Crippen LogP contribution in [-0.2, 0) is 4.79 Å². The van der Waals surface area contributed by atoms with Gasteiger partial charge in [0.05, 0.1) is 0 Å². The molecular formula is C16H23N3O2. The Morgan fingerprint density at radius 2 is 1.86 bits per heavy atom. The van der Waals surface area contributed by atoms with Gasteiger partial charge in [-0.25, -0.2) is 0 Å². The van der Waals surface area contributed by atoms with Gasteiger partial charge < -0.3 is 16.0 Å². The normalized spacial score (nSPS) is 15.8. The smallest absolute Gasteiger partial charge is 0.253 e. The Kier molecular flexibility index (Phi) is 5.20. The van der Waals surface area contributed by atoms with Gasteiger partial charge in [0.1, 0.15) is 0 Å². The second-order valence-electron chi connectivity index (χ2n) is 5.48. The lowest BCUT2D eigenvalue weighted by atomic mass is 9.95. The predicted octanol–water partition coefficient (Wildman–Crippen LogP) is 1.65. The van der Waals surface area contributed by atoms with E-state index in [4.69, 9.17) is 5.73 Å². The summed E-state index contributed by atoms with van der Waals surface area (Å²) in [4.78, 5) is 26.1. The molecule has 1 heterocycles. The van der Waals surface area contributed by atoms with Gasteiger partial charge in [-0.3, -0.25) is 9.59 Å². The number of nitrogens with zero attached hydrogens (tertiary/aromatic N) is 1. The zero-order valence-electron chi connectivity index (χ0n) is 12.5. The van der Waals surface area contributed by atoms with E-state index in [0.717, 1.165) is 25.8 Å². The van der Waals surface area contributed by atoms with E-state index in [2.05, 4.69) is 5.32 Å². The highest BCUT2D eigenvalue weighted by Gasteiger charge is 2.27. The molecule has 0 atom stereocenters. The number of piperidine rings is 1. The third kappa shape index (κ3) is 3.97. The Labute approximate surface area is 125 Å². The first kappa shape index (κ1) is 15.4. The molecule has 1 aromatic rings. The minimum Gasteiger partial charge on any atom is -0.399 e. The molecule has 2 rings (SSSR count). The van der Waals surface area contributed by atoms with Crippen molar-refractivity contribution < 1.29 is 9.59 Å². The van der Waals surface area contributed by atoms with Crippen LogP contribution in [0.4, 0.5) is 5.69 Å². The van der Waals surface area contributed by atoms with Crippen molar-refractivity contribution in [2.75, 3.05) is 25.4 Å². The number of anilines is 1. The molecule has 114 valence electrons. The maximum absolute atomic E-state index is 12.3. The molecule has 1 aliphatic heterocycles. The van der Waals surface area contributed by atoms with Gasteiger partial charge in [0, 0.05) is 36.8 Å². The average molecular weight is 289 g/mol. The minimum absolute atomic E-state index is 0.0161. The quantitative estimate of drug-likeness (QED) is 0.828. The number of nitrogens with one attached hydrogen (secondary N) is 1. The second kappa shape index (κ2) is 7.11. The van der Waals surface area contributed by atoms with Crippen molar-refractivity contribution in [1.29, 1.82) is 0 Å². The Morgan fingerprint density at radius 3 is 2.43 bits per heavy atom. The third-order valence-electron chi connectivity index (χ3n) is 3.86.